The molecule has 1 atom stereocenters. The predicted molar refractivity (Wildman–Crippen MR) is 88.2 cm³/mol. The Bertz CT molecular complexity index is 433. The number of nitrogens with two attached hydrogens (primary N) is 1. The molecule has 3 nitrogen and oxygen atoms in total. The molecule has 3 heteroatoms. The molecule has 1 unspecified atom stereocenters. The molecule has 1 amide bonds. The van der Waals surface area contributed by atoms with Crippen LogP contribution in [-0.4, -0.2) is 11.9 Å². The van der Waals surface area contributed by atoms with Gasteiger partial charge in [-0.3, -0.25) is 4.79 Å². The minimum Gasteiger partial charge on any atom is -0.328 e. The van der Waals surface area contributed by atoms with E-state index in [1.54, 1.807) is 0 Å². The Kier molecular flexibility index (Phi) is 6.24. The molecule has 21 heavy (non-hydrogen) atoms. The molecule has 3 N–H and O–H groups in total. The highest BCUT2D eigenvalue weighted by Gasteiger charge is 2.14. The highest BCUT2D eigenvalue weighted by molar-refractivity contribution is 5.90. The van der Waals surface area contributed by atoms with Crippen molar-refractivity contribution in [1.29, 1.82) is 0 Å². The van der Waals surface area contributed by atoms with Crippen molar-refractivity contribution in [2.75, 3.05) is 5.32 Å². The van der Waals surface area contributed by atoms with E-state index < -0.39 is 0 Å². The second-order valence-corrected chi connectivity index (χ2v) is 6.47. The third-order valence-corrected chi connectivity index (χ3v) is 4.30. The van der Waals surface area contributed by atoms with Crippen LogP contribution in [0.15, 0.2) is 24.3 Å². The van der Waals surface area contributed by atoms with Crippen molar-refractivity contribution in [3.05, 3.63) is 29.8 Å². The van der Waals surface area contributed by atoms with Crippen LogP contribution >= 0.6 is 0 Å². The number of hydrogen-bond donors (Lipinski definition) is 2. The normalized spacial score (nSPS) is 17.4. The summed E-state index contributed by atoms with van der Waals surface area (Å²) in [5.74, 6) is 0.901. The molecule has 0 heterocycles. The quantitative estimate of drug-likeness (QED) is 0.834. The summed E-state index contributed by atoms with van der Waals surface area (Å²) >= 11 is 0. The fourth-order valence-electron chi connectivity index (χ4n) is 3.13. The SMILES string of the molecule is CC(N)Cc1ccc(NC(=O)CCC2CCCCC2)cc1. The number of hydrogen-bond acceptors (Lipinski definition) is 2. The summed E-state index contributed by atoms with van der Waals surface area (Å²) in [4.78, 5) is 12.0. The Morgan fingerprint density at radius 2 is 1.90 bits per heavy atom. The van der Waals surface area contributed by atoms with Crippen LogP contribution in [0.5, 0.6) is 0 Å². The number of carbonyl (C=O) groups is 1. The topological polar surface area (TPSA) is 55.1 Å². The molecule has 0 aromatic heterocycles. The Morgan fingerprint density at radius 1 is 1.24 bits per heavy atom. The molecule has 0 saturated heterocycles. The first-order valence-corrected chi connectivity index (χ1v) is 8.28. The molecular weight excluding hydrogens is 260 g/mol. The average Bonchev–Trinajstić information content (AvgIpc) is 2.48. The van der Waals surface area contributed by atoms with Crippen molar-refractivity contribution < 1.29 is 4.79 Å². The minimum absolute atomic E-state index is 0.139. The van der Waals surface area contributed by atoms with Gasteiger partial charge in [0, 0.05) is 18.2 Å². The van der Waals surface area contributed by atoms with Gasteiger partial charge in [-0.05, 0) is 43.4 Å². The van der Waals surface area contributed by atoms with Gasteiger partial charge in [0.05, 0.1) is 0 Å². The Morgan fingerprint density at radius 3 is 2.52 bits per heavy atom. The van der Waals surface area contributed by atoms with Crippen molar-refractivity contribution >= 4 is 11.6 Å². The molecule has 0 aliphatic heterocycles. The monoisotopic (exact) mass is 288 g/mol. The van der Waals surface area contributed by atoms with E-state index in [1.807, 2.05) is 31.2 Å². The van der Waals surface area contributed by atoms with Crippen molar-refractivity contribution in [2.45, 2.75) is 64.3 Å². The van der Waals surface area contributed by atoms with Gasteiger partial charge in [0.1, 0.15) is 0 Å². The first-order chi connectivity index (χ1) is 10.1. The Balaban J connectivity index is 1.74. The third kappa shape index (κ3) is 5.88. The van der Waals surface area contributed by atoms with Gasteiger partial charge in [-0.25, -0.2) is 0 Å². The molecule has 1 aromatic rings. The van der Waals surface area contributed by atoms with Crippen LogP contribution in [0.2, 0.25) is 0 Å². The second-order valence-electron chi connectivity index (χ2n) is 6.47. The van der Waals surface area contributed by atoms with Gasteiger partial charge in [-0.1, -0.05) is 44.2 Å². The summed E-state index contributed by atoms with van der Waals surface area (Å²) in [6.45, 7) is 2.00. The molecule has 0 bridgehead atoms. The number of carbonyl (C=O) groups excluding carboxylic acids is 1. The molecule has 0 radical (unpaired) electrons. The van der Waals surface area contributed by atoms with Crippen molar-refractivity contribution in [3.8, 4) is 0 Å². The molecule has 1 aromatic carbocycles. The third-order valence-electron chi connectivity index (χ3n) is 4.30. The van der Waals surface area contributed by atoms with E-state index in [2.05, 4.69) is 5.32 Å². The van der Waals surface area contributed by atoms with Gasteiger partial charge in [-0.2, -0.15) is 0 Å². The van der Waals surface area contributed by atoms with Crippen molar-refractivity contribution in [3.63, 3.8) is 0 Å². The Hall–Kier alpha value is -1.35. The summed E-state index contributed by atoms with van der Waals surface area (Å²) in [6, 6.07) is 8.19. The van der Waals surface area contributed by atoms with Crippen LogP contribution in [0, 0.1) is 5.92 Å². The van der Waals surface area contributed by atoms with E-state index in [4.69, 9.17) is 5.73 Å². The van der Waals surface area contributed by atoms with Crippen LogP contribution < -0.4 is 11.1 Å². The lowest BCUT2D eigenvalue weighted by Gasteiger charge is -2.21. The van der Waals surface area contributed by atoms with Gasteiger partial charge >= 0.3 is 0 Å². The van der Waals surface area contributed by atoms with Crippen LogP contribution in [0.1, 0.15) is 57.4 Å². The number of amides is 1. The van der Waals surface area contributed by atoms with E-state index in [9.17, 15) is 4.79 Å². The van der Waals surface area contributed by atoms with Crippen LogP contribution in [0.4, 0.5) is 5.69 Å². The number of anilines is 1. The fraction of sp³-hybridized carbons (Fsp3) is 0.611. The van der Waals surface area contributed by atoms with Crippen LogP contribution in [0.25, 0.3) is 0 Å². The molecule has 0 spiro atoms. The van der Waals surface area contributed by atoms with Crippen LogP contribution in [0.3, 0.4) is 0 Å². The number of rotatable bonds is 6. The van der Waals surface area contributed by atoms with E-state index in [0.717, 1.165) is 24.4 Å². The van der Waals surface area contributed by atoms with Crippen LogP contribution in [-0.2, 0) is 11.2 Å². The fourth-order valence-corrected chi connectivity index (χ4v) is 3.13. The average molecular weight is 288 g/mol. The maximum atomic E-state index is 12.0. The first kappa shape index (κ1) is 16.0. The smallest absolute Gasteiger partial charge is 0.224 e. The Labute approximate surface area is 128 Å². The zero-order valence-corrected chi connectivity index (χ0v) is 13.1. The highest BCUT2D eigenvalue weighted by atomic mass is 16.1. The second kappa shape index (κ2) is 8.18. The summed E-state index contributed by atoms with van der Waals surface area (Å²) in [6.07, 6.45) is 9.21. The maximum absolute atomic E-state index is 12.0. The molecule has 1 aliphatic carbocycles. The molecular formula is C18H28N2O. The summed E-state index contributed by atoms with van der Waals surface area (Å²) in [7, 11) is 0. The molecule has 1 aliphatic rings. The lowest BCUT2D eigenvalue weighted by Crippen LogP contribution is -2.18. The lowest BCUT2D eigenvalue weighted by molar-refractivity contribution is -0.116. The molecule has 1 saturated carbocycles. The van der Waals surface area contributed by atoms with Gasteiger partial charge in [0.15, 0.2) is 0 Å². The summed E-state index contributed by atoms with van der Waals surface area (Å²) in [5.41, 5.74) is 7.88. The maximum Gasteiger partial charge on any atom is 0.224 e. The zero-order chi connectivity index (χ0) is 15.1. The minimum atomic E-state index is 0.139. The zero-order valence-electron chi connectivity index (χ0n) is 13.1. The van der Waals surface area contributed by atoms with E-state index in [0.29, 0.717) is 6.42 Å². The molecule has 116 valence electrons. The van der Waals surface area contributed by atoms with E-state index in [-0.39, 0.29) is 11.9 Å². The van der Waals surface area contributed by atoms with Crippen molar-refractivity contribution in [1.82, 2.24) is 0 Å². The van der Waals surface area contributed by atoms with Gasteiger partial charge in [0.25, 0.3) is 0 Å². The van der Waals surface area contributed by atoms with Crippen molar-refractivity contribution in [2.24, 2.45) is 11.7 Å². The molecule has 2 rings (SSSR count). The number of benzene rings is 1. The van der Waals surface area contributed by atoms with Gasteiger partial charge in [0.2, 0.25) is 5.91 Å². The van der Waals surface area contributed by atoms with E-state index >= 15 is 0 Å². The lowest BCUT2D eigenvalue weighted by atomic mass is 9.86. The van der Waals surface area contributed by atoms with Gasteiger partial charge < -0.3 is 11.1 Å². The standard InChI is InChI=1S/C18H28N2O/c1-14(19)13-16-7-10-17(11-8-16)20-18(21)12-9-15-5-3-2-4-6-15/h7-8,10-11,14-15H,2-6,9,12-13,19H2,1H3,(H,20,21). The summed E-state index contributed by atoms with van der Waals surface area (Å²) < 4.78 is 0. The number of nitrogens with one attached hydrogen (secondary N) is 1. The largest absolute Gasteiger partial charge is 0.328 e. The first-order valence-electron chi connectivity index (χ1n) is 8.28. The highest BCUT2D eigenvalue weighted by Crippen LogP contribution is 2.27. The van der Waals surface area contributed by atoms with Gasteiger partial charge in [-0.15, -0.1) is 0 Å². The molecule has 1 fully saturated rings. The predicted octanol–water partition coefficient (Wildman–Crippen LogP) is 3.88. The summed E-state index contributed by atoms with van der Waals surface area (Å²) in [5, 5.41) is 2.99. The van der Waals surface area contributed by atoms with E-state index in [1.165, 1.54) is 37.7 Å².